The summed E-state index contributed by atoms with van der Waals surface area (Å²) in [5, 5.41) is 4.99. The van der Waals surface area contributed by atoms with Gasteiger partial charge in [-0.15, -0.1) is 0 Å². The van der Waals surface area contributed by atoms with E-state index < -0.39 is 11.9 Å². The van der Waals surface area contributed by atoms with Gasteiger partial charge < -0.3 is 11.1 Å². The van der Waals surface area contributed by atoms with Gasteiger partial charge in [0.2, 0.25) is 5.91 Å². The summed E-state index contributed by atoms with van der Waals surface area (Å²) in [4.78, 5) is 21.3. The predicted molar refractivity (Wildman–Crippen MR) is 54.6 cm³/mol. The maximum Gasteiger partial charge on any atom is 0.318 e. The third-order valence-electron chi connectivity index (χ3n) is 1.70. The number of carbonyl (C=O) groups is 2. The van der Waals surface area contributed by atoms with Gasteiger partial charge in [0.05, 0.1) is 6.54 Å². The van der Waals surface area contributed by atoms with Crippen LogP contribution >= 0.6 is 0 Å². The van der Waals surface area contributed by atoms with Crippen molar-refractivity contribution in [3.8, 4) is 0 Å². The number of hydrogen-bond acceptors (Lipinski definition) is 3. The standard InChI is InChI=1S/C9H19N3O2/c1-6(2)4-7(3)11-5-8(13)12-9(10)14/h6-7,11H,4-5H2,1-3H3,(H3,10,12,13,14). The molecule has 0 rings (SSSR count). The van der Waals surface area contributed by atoms with E-state index in [4.69, 9.17) is 5.73 Å². The largest absolute Gasteiger partial charge is 0.351 e. The van der Waals surface area contributed by atoms with Gasteiger partial charge in [0.15, 0.2) is 0 Å². The number of amides is 3. The molecule has 0 aromatic heterocycles. The van der Waals surface area contributed by atoms with Crippen LogP contribution in [0.4, 0.5) is 4.79 Å². The van der Waals surface area contributed by atoms with E-state index >= 15 is 0 Å². The second-order valence-electron chi connectivity index (χ2n) is 3.82. The first-order chi connectivity index (χ1) is 6.41. The molecule has 0 aliphatic carbocycles. The molecule has 0 aliphatic rings. The van der Waals surface area contributed by atoms with Crippen LogP contribution in [0.15, 0.2) is 0 Å². The molecule has 0 aromatic carbocycles. The van der Waals surface area contributed by atoms with Crippen molar-refractivity contribution >= 4 is 11.9 Å². The molecule has 0 aromatic rings. The third-order valence-corrected chi connectivity index (χ3v) is 1.70. The zero-order valence-corrected chi connectivity index (χ0v) is 8.96. The Bertz CT molecular complexity index is 204. The number of urea groups is 1. The predicted octanol–water partition coefficient (Wildman–Crippen LogP) is 0.206. The van der Waals surface area contributed by atoms with Crippen LogP contribution in [0.1, 0.15) is 27.2 Å². The molecule has 0 spiro atoms. The highest BCUT2D eigenvalue weighted by Gasteiger charge is 2.07. The fraction of sp³-hybridized carbons (Fsp3) is 0.778. The zero-order valence-electron chi connectivity index (χ0n) is 8.96. The van der Waals surface area contributed by atoms with Gasteiger partial charge in [0.25, 0.3) is 0 Å². The molecule has 5 nitrogen and oxygen atoms in total. The van der Waals surface area contributed by atoms with Crippen molar-refractivity contribution in [2.45, 2.75) is 33.2 Å². The minimum Gasteiger partial charge on any atom is -0.351 e. The summed E-state index contributed by atoms with van der Waals surface area (Å²) in [5.41, 5.74) is 4.78. The number of nitrogens with one attached hydrogen (secondary N) is 2. The summed E-state index contributed by atoms with van der Waals surface area (Å²) in [5.74, 6) is 0.185. The Morgan fingerprint density at radius 1 is 1.29 bits per heavy atom. The minimum absolute atomic E-state index is 0.122. The van der Waals surface area contributed by atoms with Crippen LogP contribution in [0.3, 0.4) is 0 Å². The molecule has 0 aliphatic heterocycles. The smallest absolute Gasteiger partial charge is 0.318 e. The van der Waals surface area contributed by atoms with E-state index in [0.717, 1.165) is 6.42 Å². The molecule has 1 unspecified atom stereocenters. The van der Waals surface area contributed by atoms with E-state index in [1.807, 2.05) is 12.2 Å². The van der Waals surface area contributed by atoms with Crippen molar-refractivity contribution in [1.82, 2.24) is 10.6 Å². The molecule has 1 atom stereocenters. The lowest BCUT2D eigenvalue weighted by Crippen LogP contribution is -2.42. The van der Waals surface area contributed by atoms with Crippen molar-refractivity contribution in [3.63, 3.8) is 0 Å². The molecule has 14 heavy (non-hydrogen) atoms. The van der Waals surface area contributed by atoms with Gasteiger partial charge >= 0.3 is 6.03 Å². The van der Waals surface area contributed by atoms with Gasteiger partial charge in [0.1, 0.15) is 0 Å². The molecule has 0 radical (unpaired) electrons. The van der Waals surface area contributed by atoms with Gasteiger partial charge in [-0.2, -0.15) is 0 Å². The Labute approximate surface area is 84.4 Å². The molecule has 82 valence electrons. The van der Waals surface area contributed by atoms with Gasteiger partial charge in [-0.1, -0.05) is 13.8 Å². The van der Waals surface area contributed by atoms with E-state index in [2.05, 4.69) is 19.2 Å². The first kappa shape index (κ1) is 12.9. The lowest BCUT2D eigenvalue weighted by Gasteiger charge is -2.14. The second kappa shape index (κ2) is 6.37. The Balaban J connectivity index is 3.61. The van der Waals surface area contributed by atoms with Crippen LogP contribution in [0.5, 0.6) is 0 Å². The van der Waals surface area contributed by atoms with Gasteiger partial charge in [0, 0.05) is 6.04 Å². The van der Waals surface area contributed by atoms with Crippen molar-refractivity contribution in [2.75, 3.05) is 6.54 Å². The fourth-order valence-electron chi connectivity index (χ4n) is 1.24. The van der Waals surface area contributed by atoms with E-state index in [1.165, 1.54) is 0 Å². The Hall–Kier alpha value is -1.10. The molecule has 5 heteroatoms. The van der Waals surface area contributed by atoms with Gasteiger partial charge in [-0.25, -0.2) is 4.79 Å². The van der Waals surface area contributed by atoms with E-state index in [-0.39, 0.29) is 12.6 Å². The average molecular weight is 201 g/mol. The molecule has 0 saturated heterocycles. The molecular formula is C9H19N3O2. The van der Waals surface area contributed by atoms with Crippen molar-refractivity contribution < 1.29 is 9.59 Å². The highest BCUT2D eigenvalue weighted by Crippen LogP contribution is 2.02. The lowest BCUT2D eigenvalue weighted by atomic mass is 10.1. The van der Waals surface area contributed by atoms with Crippen molar-refractivity contribution in [2.24, 2.45) is 11.7 Å². The Kier molecular flexibility index (Phi) is 5.87. The molecule has 0 bridgehead atoms. The summed E-state index contributed by atoms with van der Waals surface area (Å²) in [6.45, 7) is 6.34. The molecule has 4 N–H and O–H groups in total. The van der Waals surface area contributed by atoms with E-state index in [1.54, 1.807) is 0 Å². The SMILES string of the molecule is CC(C)CC(C)NCC(=O)NC(N)=O. The first-order valence-corrected chi connectivity index (χ1v) is 4.74. The number of carbonyl (C=O) groups excluding carboxylic acids is 2. The molecular weight excluding hydrogens is 182 g/mol. The monoisotopic (exact) mass is 201 g/mol. The molecule has 0 saturated carbocycles. The van der Waals surface area contributed by atoms with Crippen LogP contribution < -0.4 is 16.4 Å². The number of nitrogens with two attached hydrogens (primary N) is 1. The van der Waals surface area contributed by atoms with E-state index in [9.17, 15) is 9.59 Å². The zero-order chi connectivity index (χ0) is 11.1. The average Bonchev–Trinajstić information content (AvgIpc) is 1.98. The maximum atomic E-state index is 11.0. The summed E-state index contributed by atoms with van der Waals surface area (Å²) >= 11 is 0. The summed E-state index contributed by atoms with van der Waals surface area (Å²) in [7, 11) is 0. The van der Waals surface area contributed by atoms with Crippen LogP contribution in [0.2, 0.25) is 0 Å². The molecule has 0 heterocycles. The highest BCUT2D eigenvalue weighted by molar-refractivity contribution is 5.94. The summed E-state index contributed by atoms with van der Waals surface area (Å²) < 4.78 is 0. The van der Waals surface area contributed by atoms with Crippen molar-refractivity contribution in [3.05, 3.63) is 0 Å². The maximum absolute atomic E-state index is 11.0. The van der Waals surface area contributed by atoms with Crippen LogP contribution in [0.25, 0.3) is 0 Å². The highest BCUT2D eigenvalue weighted by atomic mass is 16.2. The lowest BCUT2D eigenvalue weighted by molar-refractivity contribution is -0.119. The van der Waals surface area contributed by atoms with Gasteiger partial charge in [-0.05, 0) is 19.3 Å². The second-order valence-corrected chi connectivity index (χ2v) is 3.82. The number of primary amides is 1. The first-order valence-electron chi connectivity index (χ1n) is 4.74. The quantitative estimate of drug-likeness (QED) is 0.594. The molecule has 0 fully saturated rings. The third kappa shape index (κ3) is 7.54. The Morgan fingerprint density at radius 3 is 2.29 bits per heavy atom. The number of hydrogen-bond donors (Lipinski definition) is 3. The summed E-state index contributed by atoms with van der Waals surface area (Å²) in [6.07, 6.45) is 0.990. The fourth-order valence-corrected chi connectivity index (χ4v) is 1.24. The Morgan fingerprint density at radius 2 is 1.86 bits per heavy atom. The van der Waals surface area contributed by atoms with Crippen molar-refractivity contribution in [1.29, 1.82) is 0 Å². The number of imide groups is 1. The van der Waals surface area contributed by atoms with Crippen LogP contribution in [0, 0.1) is 5.92 Å². The van der Waals surface area contributed by atoms with E-state index in [0.29, 0.717) is 5.92 Å². The topological polar surface area (TPSA) is 84.2 Å². The van der Waals surface area contributed by atoms with Crippen LogP contribution in [-0.2, 0) is 4.79 Å². The van der Waals surface area contributed by atoms with Crippen LogP contribution in [-0.4, -0.2) is 24.5 Å². The number of rotatable bonds is 5. The van der Waals surface area contributed by atoms with Gasteiger partial charge in [-0.3, -0.25) is 10.1 Å². The normalized spacial score (nSPS) is 12.6. The molecule has 3 amide bonds. The minimum atomic E-state index is -0.812. The summed E-state index contributed by atoms with van der Waals surface area (Å²) in [6, 6.07) is -0.554.